The topological polar surface area (TPSA) is 73.6 Å². The number of nitrogens with two attached hydrogens (primary N) is 1. The van der Waals surface area contributed by atoms with Crippen LogP contribution in [0.2, 0.25) is 0 Å². The van der Waals surface area contributed by atoms with E-state index in [0.29, 0.717) is 32.7 Å². The third-order valence-electron chi connectivity index (χ3n) is 2.00. The maximum Gasteiger partial charge on any atom is 0.222 e. The Morgan fingerprint density at radius 3 is 2.69 bits per heavy atom. The van der Waals surface area contributed by atoms with Crippen molar-refractivity contribution in [3.63, 3.8) is 0 Å². The van der Waals surface area contributed by atoms with Gasteiger partial charge in [-0.1, -0.05) is 0 Å². The summed E-state index contributed by atoms with van der Waals surface area (Å²) in [6.45, 7) is 4.35. The van der Waals surface area contributed by atoms with Crippen LogP contribution < -0.4 is 11.1 Å². The zero-order valence-corrected chi connectivity index (χ0v) is 10.8. The fourth-order valence-corrected chi connectivity index (χ4v) is 1.09. The third kappa shape index (κ3) is 10.2. The molecule has 0 radical (unpaired) electrons. The Kier molecular flexibility index (Phi) is 14.3. The van der Waals surface area contributed by atoms with E-state index in [0.717, 1.165) is 6.42 Å². The minimum Gasteiger partial charge on any atom is -0.382 e. The number of ether oxygens (including phenoxy) is 2. The Balaban J connectivity index is 0. The summed E-state index contributed by atoms with van der Waals surface area (Å²) >= 11 is 0. The zero-order chi connectivity index (χ0) is 11.5. The van der Waals surface area contributed by atoms with E-state index in [1.165, 1.54) is 0 Å². The highest BCUT2D eigenvalue weighted by molar-refractivity contribution is 5.85. The maximum absolute atomic E-state index is 11.3. The van der Waals surface area contributed by atoms with Gasteiger partial charge >= 0.3 is 0 Å². The molecule has 3 N–H and O–H groups in total. The van der Waals surface area contributed by atoms with Gasteiger partial charge in [0.2, 0.25) is 5.91 Å². The number of carbonyl (C=O) groups excluding carboxylic acids is 1. The highest BCUT2D eigenvalue weighted by Crippen LogP contribution is 1.94. The summed E-state index contributed by atoms with van der Waals surface area (Å²) in [6.07, 6.45) is 0.971. The van der Waals surface area contributed by atoms with Gasteiger partial charge in [-0.3, -0.25) is 4.79 Å². The molecule has 6 heteroatoms. The molecule has 0 spiro atoms. The summed E-state index contributed by atoms with van der Waals surface area (Å²) in [5.41, 5.74) is 5.40. The van der Waals surface area contributed by atoms with Crippen molar-refractivity contribution in [2.75, 3.05) is 33.4 Å². The highest BCUT2D eigenvalue weighted by atomic mass is 35.5. The van der Waals surface area contributed by atoms with Crippen LogP contribution in [0.25, 0.3) is 0 Å². The number of carbonyl (C=O) groups is 1. The van der Waals surface area contributed by atoms with Gasteiger partial charge in [0.25, 0.3) is 0 Å². The molecule has 0 aromatic heterocycles. The number of hydrogen-bond donors (Lipinski definition) is 2. The van der Waals surface area contributed by atoms with Crippen LogP contribution >= 0.6 is 12.4 Å². The van der Waals surface area contributed by atoms with E-state index >= 15 is 0 Å². The Morgan fingerprint density at radius 2 is 2.19 bits per heavy atom. The molecule has 0 aromatic carbocycles. The molecule has 1 amide bonds. The predicted octanol–water partition coefficient (Wildman–Crippen LogP) is 0.315. The average molecular weight is 255 g/mol. The molecule has 0 bridgehead atoms. The average Bonchev–Trinajstić information content (AvgIpc) is 2.25. The molecule has 0 heterocycles. The van der Waals surface area contributed by atoms with Gasteiger partial charge in [-0.25, -0.2) is 0 Å². The normalized spacial score (nSPS) is 11.7. The standard InChI is InChI=1S/C10H22N2O3.ClH/c1-3-15-6-4-5-12-10(13)7-9(8-11)14-2;/h9H,3-8,11H2,1-2H3,(H,12,13);1H. The summed E-state index contributed by atoms with van der Waals surface area (Å²) in [6, 6.07) is 0. The van der Waals surface area contributed by atoms with Crippen LogP contribution in [0.1, 0.15) is 19.8 Å². The van der Waals surface area contributed by atoms with E-state index < -0.39 is 0 Å². The molecule has 5 nitrogen and oxygen atoms in total. The van der Waals surface area contributed by atoms with E-state index in [2.05, 4.69) is 5.32 Å². The van der Waals surface area contributed by atoms with Gasteiger partial charge in [0.05, 0.1) is 12.5 Å². The minimum absolute atomic E-state index is 0. The molecule has 0 aliphatic carbocycles. The Labute approximate surface area is 103 Å². The fourth-order valence-electron chi connectivity index (χ4n) is 1.09. The first kappa shape index (κ1) is 18.0. The summed E-state index contributed by atoms with van der Waals surface area (Å²) in [5.74, 6) is -0.0243. The molecule has 0 rings (SSSR count). The van der Waals surface area contributed by atoms with Crippen LogP contribution in [-0.4, -0.2) is 45.4 Å². The molecule has 1 unspecified atom stereocenters. The van der Waals surface area contributed by atoms with E-state index in [9.17, 15) is 4.79 Å². The molecule has 16 heavy (non-hydrogen) atoms. The lowest BCUT2D eigenvalue weighted by atomic mass is 10.2. The van der Waals surface area contributed by atoms with Crippen LogP contribution in [0.3, 0.4) is 0 Å². The van der Waals surface area contributed by atoms with Crippen LogP contribution in [-0.2, 0) is 14.3 Å². The lowest BCUT2D eigenvalue weighted by molar-refractivity contribution is -0.123. The van der Waals surface area contributed by atoms with Crippen LogP contribution in [0.5, 0.6) is 0 Å². The van der Waals surface area contributed by atoms with E-state index in [1.807, 2.05) is 6.92 Å². The van der Waals surface area contributed by atoms with Crippen molar-refractivity contribution < 1.29 is 14.3 Å². The van der Waals surface area contributed by atoms with E-state index in [4.69, 9.17) is 15.2 Å². The van der Waals surface area contributed by atoms with Crippen molar-refractivity contribution >= 4 is 18.3 Å². The van der Waals surface area contributed by atoms with Crippen molar-refractivity contribution in [1.29, 1.82) is 0 Å². The quantitative estimate of drug-likeness (QED) is 0.581. The van der Waals surface area contributed by atoms with Gasteiger partial charge in [-0.15, -0.1) is 12.4 Å². The number of amides is 1. The predicted molar refractivity (Wildman–Crippen MR) is 65.8 cm³/mol. The Bertz CT molecular complexity index is 166. The Hall–Kier alpha value is -0.360. The maximum atomic E-state index is 11.3. The molecular weight excluding hydrogens is 232 g/mol. The van der Waals surface area contributed by atoms with Gasteiger partial charge < -0.3 is 20.5 Å². The molecule has 0 aromatic rings. The number of hydrogen-bond acceptors (Lipinski definition) is 4. The van der Waals surface area contributed by atoms with Gasteiger partial charge in [0.15, 0.2) is 0 Å². The van der Waals surface area contributed by atoms with Crippen molar-refractivity contribution in [3.05, 3.63) is 0 Å². The van der Waals surface area contributed by atoms with Crippen molar-refractivity contribution in [2.45, 2.75) is 25.9 Å². The molecule has 1 atom stereocenters. The molecule has 0 fully saturated rings. The second-order valence-electron chi connectivity index (χ2n) is 3.20. The second-order valence-corrected chi connectivity index (χ2v) is 3.20. The first-order valence-electron chi connectivity index (χ1n) is 5.31. The first-order valence-corrected chi connectivity index (χ1v) is 5.31. The van der Waals surface area contributed by atoms with Gasteiger partial charge in [0, 0.05) is 33.4 Å². The van der Waals surface area contributed by atoms with Crippen LogP contribution in [0.4, 0.5) is 0 Å². The number of methoxy groups -OCH3 is 1. The largest absolute Gasteiger partial charge is 0.382 e. The smallest absolute Gasteiger partial charge is 0.222 e. The summed E-state index contributed by atoms with van der Waals surface area (Å²) in [4.78, 5) is 11.3. The number of nitrogens with one attached hydrogen (secondary N) is 1. The van der Waals surface area contributed by atoms with Crippen molar-refractivity contribution in [1.82, 2.24) is 5.32 Å². The molecule has 0 saturated carbocycles. The van der Waals surface area contributed by atoms with Gasteiger partial charge in [-0.2, -0.15) is 0 Å². The number of rotatable bonds is 9. The lowest BCUT2D eigenvalue weighted by Crippen LogP contribution is -2.32. The molecule has 0 saturated heterocycles. The first-order chi connectivity index (χ1) is 7.24. The molecule has 0 aliphatic rings. The minimum atomic E-state index is -0.183. The lowest BCUT2D eigenvalue weighted by Gasteiger charge is -2.12. The van der Waals surface area contributed by atoms with E-state index in [-0.39, 0.29) is 24.4 Å². The summed E-state index contributed by atoms with van der Waals surface area (Å²) < 4.78 is 10.1. The zero-order valence-electron chi connectivity index (χ0n) is 10.0. The fraction of sp³-hybridized carbons (Fsp3) is 0.900. The third-order valence-corrected chi connectivity index (χ3v) is 2.00. The van der Waals surface area contributed by atoms with Crippen LogP contribution in [0.15, 0.2) is 0 Å². The second kappa shape index (κ2) is 12.7. The number of halogens is 1. The van der Waals surface area contributed by atoms with Crippen LogP contribution in [0, 0.1) is 0 Å². The highest BCUT2D eigenvalue weighted by Gasteiger charge is 2.10. The molecule has 98 valence electrons. The summed E-state index contributed by atoms with van der Waals surface area (Å²) in [7, 11) is 1.56. The Morgan fingerprint density at radius 1 is 1.50 bits per heavy atom. The van der Waals surface area contributed by atoms with E-state index in [1.54, 1.807) is 7.11 Å². The van der Waals surface area contributed by atoms with Crippen molar-refractivity contribution in [2.24, 2.45) is 5.73 Å². The SMILES string of the molecule is CCOCCCNC(=O)CC(CN)OC.Cl. The molecule has 0 aliphatic heterocycles. The van der Waals surface area contributed by atoms with Gasteiger partial charge in [0.1, 0.15) is 0 Å². The monoisotopic (exact) mass is 254 g/mol. The summed E-state index contributed by atoms with van der Waals surface area (Å²) in [5, 5.41) is 2.79. The van der Waals surface area contributed by atoms with Gasteiger partial charge in [-0.05, 0) is 13.3 Å². The van der Waals surface area contributed by atoms with Crippen molar-refractivity contribution in [3.8, 4) is 0 Å². The molecular formula is C10H23ClN2O3.